The Balaban J connectivity index is 1.92. The number of aliphatic hydroxyl groups excluding tert-OH is 1. The average Bonchev–Trinajstić information content (AvgIpc) is 3.41. The quantitative estimate of drug-likeness (QED) is 0.353. The Labute approximate surface area is 180 Å². The number of phenolic OH excluding ortho intramolecular Hbond substituents is 1. The Morgan fingerprint density at radius 3 is 2.47 bits per heavy atom. The van der Waals surface area contributed by atoms with Gasteiger partial charge < -0.3 is 14.6 Å². The maximum absolute atomic E-state index is 13.1. The molecule has 0 spiro atoms. The maximum Gasteiger partial charge on any atom is 0.311 e. The number of aliphatic hydroxyl groups is 1. The zero-order chi connectivity index (χ0) is 23.0. The number of ketones is 1. The Bertz CT molecular complexity index is 1320. The minimum absolute atomic E-state index is 0.103. The molecular formula is C22H13N3O7. The number of amides is 1. The highest BCUT2D eigenvalue weighted by Gasteiger charge is 2.45. The number of Topliss-reactive ketones (excluding diaryl/α,β-unsaturated/α-hetero) is 1. The van der Waals surface area contributed by atoms with E-state index in [0.29, 0.717) is 5.56 Å². The molecule has 158 valence electrons. The smallest absolute Gasteiger partial charge is 0.311 e. The van der Waals surface area contributed by atoms with E-state index in [1.165, 1.54) is 48.7 Å². The van der Waals surface area contributed by atoms with Crippen molar-refractivity contribution in [1.82, 2.24) is 0 Å². The number of hydrogen-bond acceptors (Lipinski definition) is 8. The van der Waals surface area contributed by atoms with Gasteiger partial charge in [-0.2, -0.15) is 5.26 Å². The highest BCUT2D eigenvalue weighted by Crippen LogP contribution is 2.43. The van der Waals surface area contributed by atoms with Gasteiger partial charge in [0.1, 0.15) is 0 Å². The van der Waals surface area contributed by atoms with Gasteiger partial charge in [-0.05, 0) is 48.0 Å². The third kappa shape index (κ3) is 3.23. The molecule has 1 atom stereocenters. The van der Waals surface area contributed by atoms with Gasteiger partial charge in [0, 0.05) is 11.8 Å². The standard InChI is InChI=1S/C22H13N3O7/c23-11-12-3-6-14(7-4-12)24-19(13-5-8-16(26)15(10-13)25(30)31)18(21(28)22(24)29)20(27)17-2-1-9-32-17/h1-10,19,26,28H. The van der Waals surface area contributed by atoms with Gasteiger partial charge in [-0.1, -0.05) is 6.07 Å². The number of aromatic hydroxyl groups is 1. The fourth-order valence-corrected chi connectivity index (χ4v) is 3.51. The molecule has 32 heavy (non-hydrogen) atoms. The number of carbonyl (C=O) groups excluding carboxylic acids is 2. The van der Waals surface area contributed by atoms with Gasteiger partial charge in [0.2, 0.25) is 5.78 Å². The molecule has 0 bridgehead atoms. The van der Waals surface area contributed by atoms with Crippen LogP contribution in [0.5, 0.6) is 5.75 Å². The number of rotatable bonds is 5. The van der Waals surface area contributed by atoms with Gasteiger partial charge in [0.25, 0.3) is 5.91 Å². The molecule has 4 rings (SSSR count). The van der Waals surface area contributed by atoms with Crippen molar-refractivity contribution in [2.45, 2.75) is 6.04 Å². The second kappa shape index (κ2) is 7.73. The minimum atomic E-state index is -1.26. The van der Waals surface area contributed by atoms with Crippen LogP contribution in [0.2, 0.25) is 0 Å². The van der Waals surface area contributed by atoms with Gasteiger partial charge >= 0.3 is 5.69 Å². The zero-order valence-corrected chi connectivity index (χ0v) is 16.1. The Morgan fingerprint density at radius 1 is 1.16 bits per heavy atom. The van der Waals surface area contributed by atoms with Crippen molar-refractivity contribution in [3.63, 3.8) is 0 Å². The van der Waals surface area contributed by atoms with Crippen LogP contribution in [0.3, 0.4) is 0 Å². The molecule has 1 aliphatic rings. The highest BCUT2D eigenvalue weighted by molar-refractivity contribution is 6.20. The summed E-state index contributed by atoms with van der Waals surface area (Å²) in [6, 6.07) is 12.7. The summed E-state index contributed by atoms with van der Waals surface area (Å²) in [6.07, 6.45) is 1.25. The Kier molecular flexibility index (Phi) is 4.92. The van der Waals surface area contributed by atoms with Crippen molar-refractivity contribution < 1.29 is 29.1 Å². The molecular weight excluding hydrogens is 418 g/mol. The lowest BCUT2D eigenvalue weighted by Crippen LogP contribution is -2.31. The van der Waals surface area contributed by atoms with Gasteiger partial charge in [0.15, 0.2) is 17.3 Å². The van der Waals surface area contributed by atoms with Crippen LogP contribution in [0.15, 0.2) is 76.6 Å². The summed E-state index contributed by atoms with van der Waals surface area (Å²) < 4.78 is 5.12. The maximum atomic E-state index is 13.1. The van der Waals surface area contributed by atoms with Crippen LogP contribution < -0.4 is 4.90 Å². The zero-order valence-electron chi connectivity index (χ0n) is 16.1. The monoisotopic (exact) mass is 431 g/mol. The second-order valence-electron chi connectivity index (χ2n) is 6.81. The Morgan fingerprint density at radius 2 is 1.88 bits per heavy atom. The van der Waals surface area contributed by atoms with E-state index in [0.717, 1.165) is 17.0 Å². The number of benzene rings is 2. The first kappa shape index (κ1) is 20.4. The number of anilines is 1. The molecule has 2 heterocycles. The van der Waals surface area contributed by atoms with Crippen molar-refractivity contribution in [3.8, 4) is 11.8 Å². The minimum Gasteiger partial charge on any atom is -0.503 e. The summed E-state index contributed by atoms with van der Waals surface area (Å²) in [5.74, 6) is -3.26. The molecule has 0 saturated carbocycles. The van der Waals surface area contributed by atoms with E-state index in [4.69, 9.17) is 9.68 Å². The molecule has 0 radical (unpaired) electrons. The van der Waals surface area contributed by atoms with Crippen LogP contribution in [-0.2, 0) is 4.79 Å². The van der Waals surface area contributed by atoms with E-state index in [2.05, 4.69) is 0 Å². The molecule has 0 fully saturated rings. The first-order chi connectivity index (χ1) is 15.3. The van der Waals surface area contributed by atoms with E-state index in [9.17, 15) is 29.9 Å². The van der Waals surface area contributed by atoms with Crippen LogP contribution in [0.4, 0.5) is 11.4 Å². The largest absolute Gasteiger partial charge is 0.503 e. The van der Waals surface area contributed by atoms with Gasteiger partial charge in [-0.3, -0.25) is 24.6 Å². The molecule has 1 aliphatic heterocycles. The fraction of sp³-hybridized carbons (Fsp3) is 0.0455. The van der Waals surface area contributed by atoms with Gasteiger partial charge in [-0.15, -0.1) is 0 Å². The van der Waals surface area contributed by atoms with Crippen molar-refractivity contribution in [2.75, 3.05) is 4.90 Å². The summed E-state index contributed by atoms with van der Waals surface area (Å²) in [7, 11) is 0. The number of nitro groups is 1. The predicted molar refractivity (Wildman–Crippen MR) is 109 cm³/mol. The average molecular weight is 431 g/mol. The number of nitrogens with zero attached hydrogens (tertiary/aromatic N) is 3. The fourth-order valence-electron chi connectivity index (χ4n) is 3.51. The van der Waals surface area contributed by atoms with Crippen LogP contribution in [0.25, 0.3) is 0 Å². The molecule has 0 aliphatic carbocycles. The molecule has 0 saturated heterocycles. The predicted octanol–water partition coefficient (Wildman–Crippen LogP) is 3.55. The molecule has 2 aromatic carbocycles. The third-order valence-corrected chi connectivity index (χ3v) is 4.98. The molecule has 2 N–H and O–H groups in total. The summed E-state index contributed by atoms with van der Waals surface area (Å²) in [6.45, 7) is 0. The summed E-state index contributed by atoms with van der Waals surface area (Å²) in [5, 5.41) is 40.8. The lowest BCUT2D eigenvalue weighted by atomic mass is 9.94. The SMILES string of the molecule is N#Cc1ccc(N2C(=O)C(O)=C(C(=O)c3ccco3)C2c2ccc(O)c([N+](=O)[O-])c2)cc1. The number of phenols is 1. The van der Waals surface area contributed by atoms with Crippen molar-refractivity contribution in [1.29, 1.82) is 5.26 Å². The topological polar surface area (TPSA) is 158 Å². The molecule has 1 unspecified atom stereocenters. The van der Waals surface area contributed by atoms with Gasteiger partial charge in [-0.25, -0.2) is 0 Å². The van der Waals surface area contributed by atoms with E-state index in [1.54, 1.807) is 0 Å². The first-order valence-electron chi connectivity index (χ1n) is 9.16. The Hall–Kier alpha value is -4.91. The van der Waals surface area contributed by atoms with E-state index >= 15 is 0 Å². The van der Waals surface area contributed by atoms with Crippen LogP contribution in [0, 0.1) is 21.4 Å². The second-order valence-corrected chi connectivity index (χ2v) is 6.81. The van der Waals surface area contributed by atoms with Crippen molar-refractivity contribution in [3.05, 3.63) is 99.2 Å². The molecule has 1 aromatic heterocycles. The van der Waals surface area contributed by atoms with Gasteiger partial charge in [0.05, 0.1) is 34.4 Å². The van der Waals surface area contributed by atoms with E-state index in [1.807, 2.05) is 6.07 Å². The first-order valence-corrected chi connectivity index (χ1v) is 9.16. The van der Waals surface area contributed by atoms with Crippen molar-refractivity contribution >= 4 is 23.1 Å². The normalized spacial score (nSPS) is 15.7. The number of hydrogen-bond donors (Lipinski definition) is 2. The van der Waals surface area contributed by atoms with Crippen molar-refractivity contribution in [2.24, 2.45) is 0 Å². The molecule has 1 amide bonds. The summed E-state index contributed by atoms with van der Waals surface area (Å²) in [5.41, 5.74) is -0.309. The lowest BCUT2D eigenvalue weighted by molar-refractivity contribution is -0.385. The molecule has 10 heteroatoms. The molecule has 10 nitrogen and oxygen atoms in total. The number of nitriles is 1. The number of furan rings is 1. The lowest BCUT2D eigenvalue weighted by Gasteiger charge is -2.26. The van der Waals surface area contributed by atoms with E-state index < -0.39 is 39.9 Å². The van der Waals surface area contributed by atoms with Crippen LogP contribution >= 0.6 is 0 Å². The third-order valence-electron chi connectivity index (χ3n) is 4.98. The van der Waals surface area contributed by atoms with Crippen LogP contribution in [0.1, 0.15) is 27.7 Å². The van der Waals surface area contributed by atoms with E-state index in [-0.39, 0.29) is 22.6 Å². The highest BCUT2D eigenvalue weighted by atomic mass is 16.6. The van der Waals surface area contributed by atoms with Crippen LogP contribution in [-0.4, -0.2) is 26.8 Å². The number of carbonyl (C=O) groups is 2. The summed E-state index contributed by atoms with van der Waals surface area (Å²) in [4.78, 5) is 37.7. The number of nitro benzene ring substituents is 1. The molecule has 3 aromatic rings. The summed E-state index contributed by atoms with van der Waals surface area (Å²) >= 11 is 0.